The van der Waals surface area contributed by atoms with E-state index in [0.29, 0.717) is 12.6 Å². The summed E-state index contributed by atoms with van der Waals surface area (Å²) in [5.41, 5.74) is 3.60. The molecule has 1 atom stereocenters. The number of hydrogen-bond donors (Lipinski definition) is 1. The summed E-state index contributed by atoms with van der Waals surface area (Å²) < 4.78 is 6.71. The summed E-state index contributed by atoms with van der Waals surface area (Å²) >= 11 is 1.61. The molecule has 1 aliphatic rings. The number of rotatable bonds is 9. The first kappa shape index (κ1) is 21.1. The zero-order valence-electron chi connectivity index (χ0n) is 18.0. The average Bonchev–Trinajstić information content (AvgIpc) is 3.16. The number of nitrogens with one attached hydrogen (secondary N) is 1. The smallest absolute Gasteiger partial charge is 0.274 e. The van der Waals surface area contributed by atoms with Gasteiger partial charge in [0.1, 0.15) is 0 Å². The van der Waals surface area contributed by atoms with Crippen LogP contribution in [0.5, 0.6) is 5.19 Å². The number of fused-ring (bicyclic) bond motifs is 1. The van der Waals surface area contributed by atoms with Gasteiger partial charge in [-0.3, -0.25) is 4.90 Å². The molecule has 1 saturated heterocycles. The van der Waals surface area contributed by atoms with Crippen LogP contribution in [0.2, 0.25) is 0 Å². The molecule has 0 amide bonds. The van der Waals surface area contributed by atoms with Crippen molar-refractivity contribution in [3.8, 4) is 5.19 Å². The van der Waals surface area contributed by atoms with Crippen molar-refractivity contribution < 1.29 is 4.74 Å². The third-order valence-electron chi connectivity index (χ3n) is 5.61. The number of ether oxygens (including phenoxy) is 1. The molecule has 6 heteroatoms. The Morgan fingerprint density at radius 2 is 1.83 bits per heavy atom. The van der Waals surface area contributed by atoms with Gasteiger partial charge in [-0.1, -0.05) is 41.7 Å². The molecule has 0 unspecified atom stereocenters. The number of hydrogen-bond acceptors (Lipinski definition) is 6. The van der Waals surface area contributed by atoms with E-state index in [2.05, 4.69) is 75.6 Å². The van der Waals surface area contributed by atoms with E-state index in [1.807, 2.05) is 6.92 Å². The van der Waals surface area contributed by atoms with E-state index in [1.165, 1.54) is 10.3 Å². The molecule has 1 N–H and O–H groups in total. The Morgan fingerprint density at radius 1 is 1.07 bits per heavy atom. The molecule has 1 fully saturated rings. The molecule has 1 aromatic heterocycles. The van der Waals surface area contributed by atoms with E-state index in [0.717, 1.165) is 62.1 Å². The molecule has 2 heterocycles. The molecule has 4 rings (SSSR count). The van der Waals surface area contributed by atoms with Crippen LogP contribution in [-0.4, -0.2) is 66.7 Å². The predicted molar refractivity (Wildman–Crippen MR) is 127 cm³/mol. The van der Waals surface area contributed by atoms with Gasteiger partial charge in [0.05, 0.1) is 16.8 Å². The van der Waals surface area contributed by atoms with Gasteiger partial charge in [-0.2, -0.15) is 0 Å². The third-order valence-corrected chi connectivity index (χ3v) is 6.54. The lowest BCUT2D eigenvalue weighted by atomic mass is 10.1. The van der Waals surface area contributed by atoms with Crippen molar-refractivity contribution in [2.75, 3.05) is 51.2 Å². The largest absolute Gasteiger partial charge is 0.470 e. The summed E-state index contributed by atoms with van der Waals surface area (Å²) in [5.74, 6) is 0. The first-order valence-corrected chi connectivity index (χ1v) is 11.8. The second-order valence-corrected chi connectivity index (χ2v) is 9.01. The lowest BCUT2D eigenvalue weighted by Gasteiger charge is -2.36. The number of aromatic nitrogens is 1. The standard InChI is InChI=1S/C24H32N4OS/c1-3-29-24-26-22-10-9-21(17-23(22)30-24)25-19(2)18-28-15-13-27(14-16-28)12-11-20-7-5-4-6-8-20/h4-10,17,19,25H,3,11-16,18H2,1-2H3/t19-/m0/s1. The highest BCUT2D eigenvalue weighted by Gasteiger charge is 2.18. The number of piperazine rings is 1. The quantitative estimate of drug-likeness (QED) is 0.553. The maximum Gasteiger partial charge on any atom is 0.274 e. The highest BCUT2D eigenvalue weighted by molar-refractivity contribution is 7.20. The van der Waals surface area contributed by atoms with Gasteiger partial charge in [-0.25, -0.2) is 4.98 Å². The number of thiazole rings is 1. The normalized spacial score (nSPS) is 16.6. The van der Waals surface area contributed by atoms with E-state index in [-0.39, 0.29) is 0 Å². The zero-order chi connectivity index (χ0) is 20.8. The van der Waals surface area contributed by atoms with Gasteiger partial charge in [0.25, 0.3) is 5.19 Å². The predicted octanol–water partition coefficient (Wildman–Crippen LogP) is 4.36. The number of anilines is 1. The minimum absolute atomic E-state index is 0.401. The Morgan fingerprint density at radius 3 is 2.60 bits per heavy atom. The lowest BCUT2D eigenvalue weighted by molar-refractivity contribution is 0.131. The van der Waals surface area contributed by atoms with Crippen LogP contribution in [0.3, 0.4) is 0 Å². The fourth-order valence-electron chi connectivity index (χ4n) is 4.02. The first-order valence-electron chi connectivity index (χ1n) is 11.0. The highest BCUT2D eigenvalue weighted by atomic mass is 32.1. The van der Waals surface area contributed by atoms with Gasteiger partial charge < -0.3 is 15.0 Å². The molecule has 0 radical (unpaired) electrons. The van der Waals surface area contributed by atoms with Crippen LogP contribution in [0.15, 0.2) is 48.5 Å². The Labute approximate surface area is 183 Å². The van der Waals surface area contributed by atoms with E-state index in [1.54, 1.807) is 11.3 Å². The van der Waals surface area contributed by atoms with E-state index in [4.69, 9.17) is 4.74 Å². The van der Waals surface area contributed by atoms with Crippen LogP contribution >= 0.6 is 11.3 Å². The monoisotopic (exact) mass is 424 g/mol. The van der Waals surface area contributed by atoms with E-state index >= 15 is 0 Å². The molecule has 0 bridgehead atoms. The minimum Gasteiger partial charge on any atom is -0.470 e. The van der Waals surface area contributed by atoms with Crippen molar-refractivity contribution in [2.24, 2.45) is 0 Å². The fraction of sp³-hybridized carbons (Fsp3) is 0.458. The summed E-state index contributed by atoms with van der Waals surface area (Å²) in [7, 11) is 0. The topological polar surface area (TPSA) is 40.6 Å². The Bertz CT molecular complexity index is 921. The number of nitrogens with zero attached hydrogens (tertiary/aromatic N) is 3. The molecule has 1 aliphatic heterocycles. The molecule has 3 aromatic rings. The summed E-state index contributed by atoms with van der Waals surface area (Å²) in [6, 6.07) is 17.6. The Kier molecular flexibility index (Phi) is 7.20. The third kappa shape index (κ3) is 5.72. The minimum atomic E-state index is 0.401. The van der Waals surface area contributed by atoms with Gasteiger partial charge in [0.2, 0.25) is 0 Å². The van der Waals surface area contributed by atoms with Crippen molar-refractivity contribution in [1.29, 1.82) is 0 Å². The Balaban J connectivity index is 1.22. The van der Waals surface area contributed by atoms with E-state index < -0.39 is 0 Å². The summed E-state index contributed by atoms with van der Waals surface area (Å²) in [4.78, 5) is 9.68. The molecular formula is C24H32N4OS. The molecule has 5 nitrogen and oxygen atoms in total. The van der Waals surface area contributed by atoms with Crippen LogP contribution in [0, 0.1) is 0 Å². The molecule has 0 saturated carbocycles. The van der Waals surface area contributed by atoms with Crippen molar-refractivity contribution >= 4 is 27.2 Å². The maximum atomic E-state index is 5.54. The average molecular weight is 425 g/mol. The van der Waals surface area contributed by atoms with Crippen LogP contribution < -0.4 is 10.1 Å². The van der Waals surface area contributed by atoms with Crippen molar-refractivity contribution in [2.45, 2.75) is 26.3 Å². The molecule has 160 valence electrons. The van der Waals surface area contributed by atoms with Crippen LogP contribution in [0.25, 0.3) is 10.2 Å². The molecular weight excluding hydrogens is 392 g/mol. The summed E-state index contributed by atoms with van der Waals surface area (Å²) in [6.45, 7) is 11.7. The lowest BCUT2D eigenvalue weighted by Crippen LogP contribution is -2.49. The SMILES string of the molecule is CCOc1nc2ccc(N[C@@H](C)CN3CCN(CCc4ccccc4)CC3)cc2s1. The molecule has 30 heavy (non-hydrogen) atoms. The molecule has 2 aromatic carbocycles. The van der Waals surface area contributed by atoms with Gasteiger partial charge >= 0.3 is 0 Å². The summed E-state index contributed by atoms with van der Waals surface area (Å²) in [5, 5.41) is 4.42. The van der Waals surface area contributed by atoms with Gasteiger partial charge in [0.15, 0.2) is 0 Å². The summed E-state index contributed by atoms with van der Waals surface area (Å²) in [6.07, 6.45) is 1.14. The van der Waals surface area contributed by atoms with E-state index in [9.17, 15) is 0 Å². The second-order valence-electron chi connectivity index (χ2n) is 8.02. The Hall–Kier alpha value is -2.15. The van der Waals surface area contributed by atoms with Gasteiger partial charge in [-0.15, -0.1) is 0 Å². The van der Waals surface area contributed by atoms with Gasteiger partial charge in [0, 0.05) is 51.0 Å². The van der Waals surface area contributed by atoms with Crippen LogP contribution in [0.1, 0.15) is 19.4 Å². The van der Waals surface area contributed by atoms with Crippen molar-refractivity contribution in [1.82, 2.24) is 14.8 Å². The van der Waals surface area contributed by atoms with Gasteiger partial charge in [-0.05, 0) is 44.0 Å². The van der Waals surface area contributed by atoms with Crippen LogP contribution in [-0.2, 0) is 6.42 Å². The molecule has 0 spiro atoms. The second kappa shape index (κ2) is 10.2. The maximum absolute atomic E-state index is 5.54. The van der Waals surface area contributed by atoms with Crippen molar-refractivity contribution in [3.63, 3.8) is 0 Å². The fourth-order valence-corrected chi connectivity index (χ4v) is 4.94. The highest BCUT2D eigenvalue weighted by Crippen LogP contribution is 2.30. The van der Waals surface area contributed by atoms with Crippen LogP contribution in [0.4, 0.5) is 5.69 Å². The molecule has 0 aliphatic carbocycles. The number of benzene rings is 2. The zero-order valence-corrected chi connectivity index (χ0v) is 18.8. The first-order chi connectivity index (χ1) is 14.7. The van der Waals surface area contributed by atoms with Crippen molar-refractivity contribution in [3.05, 3.63) is 54.1 Å².